The molecule has 0 radical (unpaired) electrons. The third-order valence-corrected chi connectivity index (χ3v) is 3.42. The van der Waals surface area contributed by atoms with Crippen molar-refractivity contribution in [1.29, 1.82) is 0 Å². The van der Waals surface area contributed by atoms with E-state index in [1.165, 1.54) is 17.5 Å². The molecule has 1 aromatic rings. The highest BCUT2D eigenvalue weighted by Gasteiger charge is 2.10. The number of benzene rings is 1. The zero-order valence-corrected chi connectivity index (χ0v) is 11.7. The summed E-state index contributed by atoms with van der Waals surface area (Å²) in [6, 6.07) is 9.27. The first-order valence-electron chi connectivity index (χ1n) is 6.67. The SMILES string of the molecule is CCN(CC)CCC(NC)c1cccc(C)c1. The van der Waals surface area contributed by atoms with Gasteiger partial charge in [-0.15, -0.1) is 0 Å². The maximum absolute atomic E-state index is 3.42. The van der Waals surface area contributed by atoms with Crippen molar-refractivity contribution in [1.82, 2.24) is 10.2 Å². The number of rotatable bonds is 7. The number of hydrogen-bond acceptors (Lipinski definition) is 2. The van der Waals surface area contributed by atoms with E-state index in [1.807, 2.05) is 0 Å². The number of nitrogens with zero attached hydrogens (tertiary/aromatic N) is 1. The number of aryl methyl sites for hydroxylation is 1. The molecule has 0 heterocycles. The van der Waals surface area contributed by atoms with Crippen molar-refractivity contribution < 1.29 is 0 Å². The van der Waals surface area contributed by atoms with Crippen LogP contribution < -0.4 is 5.32 Å². The van der Waals surface area contributed by atoms with Crippen LogP contribution in [0.4, 0.5) is 0 Å². The summed E-state index contributed by atoms with van der Waals surface area (Å²) in [6.45, 7) is 10.0. The monoisotopic (exact) mass is 234 g/mol. The Balaban J connectivity index is 2.59. The van der Waals surface area contributed by atoms with Crippen molar-refractivity contribution in [2.75, 3.05) is 26.7 Å². The maximum atomic E-state index is 3.42. The van der Waals surface area contributed by atoms with Gasteiger partial charge in [0.2, 0.25) is 0 Å². The molecule has 0 bridgehead atoms. The van der Waals surface area contributed by atoms with Crippen molar-refractivity contribution in [2.45, 2.75) is 33.2 Å². The number of hydrogen-bond donors (Lipinski definition) is 1. The Kier molecular flexibility index (Phi) is 6.23. The van der Waals surface area contributed by atoms with Crippen LogP contribution in [0.2, 0.25) is 0 Å². The summed E-state index contributed by atoms with van der Waals surface area (Å²) >= 11 is 0. The van der Waals surface area contributed by atoms with Crippen LogP contribution in [0, 0.1) is 6.92 Å². The van der Waals surface area contributed by atoms with Gasteiger partial charge in [0.05, 0.1) is 0 Å². The average Bonchev–Trinajstić information content (AvgIpc) is 2.35. The van der Waals surface area contributed by atoms with E-state index in [-0.39, 0.29) is 0 Å². The minimum Gasteiger partial charge on any atom is -0.313 e. The lowest BCUT2D eigenvalue weighted by Gasteiger charge is -2.23. The molecular weight excluding hydrogens is 208 g/mol. The van der Waals surface area contributed by atoms with Crippen molar-refractivity contribution in [2.24, 2.45) is 0 Å². The minimum atomic E-state index is 0.468. The van der Waals surface area contributed by atoms with Crippen LogP contribution in [0.15, 0.2) is 24.3 Å². The molecule has 0 saturated heterocycles. The van der Waals surface area contributed by atoms with Gasteiger partial charge in [-0.05, 0) is 45.6 Å². The first kappa shape index (κ1) is 14.2. The molecule has 17 heavy (non-hydrogen) atoms. The first-order chi connectivity index (χ1) is 8.21. The third-order valence-electron chi connectivity index (χ3n) is 3.42. The van der Waals surface area contributed by atoms with Crippen molar-refractivity contribution >= 4 is 0 Å². The fourth-order valence-electron chi connectivity index (χ4n) is 2.22. The maximum Gasteiger partial charge on any atom is 0.0329 e. The largest absolute Gasteiger partial charge is 0.313 e. The summed E-state index contributed by atoms with van der Waals surface area (Å²) < 4.78 is 0. The zero-order valence-electron chi connectivity index (χ0n) is 11.7. The Bertz CT molecular complexity index is 318. The molecule has 0 amide bonds. The molecule has 1 unspecified atom stereocenters. The molecule has 2 nitrogen and oxygen atoms in total. The molecule has 96 valence electrons. The molecule has 0 aliphatic rings. The lowest BCUT2D eigenvalue weighted by atomic mass is 10.0. The molecule has 0 saturated carbocycles. The van der Waals surface area contributed by atoms with Crippen LogP contribution in [0.25, 0.3) is 0 Å². The Hall–Kier alpha value is -0.860. The predicted octanol–water partition coefficient (Wildman–Crippen LogP) is 2.99. The van der Waals surface area contributed by atoms with Crippen LogP contribution in [0.3, 0.4) is 0 Å². The first-order valence-corrected chi connectivity index (χ1v) is 6.67. The van der Waals surface area contributed by atoms with E-state index < -0.39 is 0 Å². The quantitative estimate of drug-likeness (QED) is 0.780. The summed E-state index contributed by atoms with van der Waals surface area (Å²) in [5.41, 5.74) is 2.74. The van der Waals surface area contributed by atoms with Gasteiger partial charge in [0.25, 0.3) is 0 Å². The molecule has 1 atom stereocenters. The number of nitrogens with one attached hydrogen (secondary N) is 1. The van der Waals surface area contributed by atoms with E-state index in [9.17, 15) is 0 Å². The van der Waals surface area contributed by atoms with Crippen molar-refractivity contribution in [3.63, 3.8) is 0 Å². The molecule has 2 heteroatoms. The second-order valence-electron chi connectivity index (χ2n) is 4.57. The highest BCUT2D eigenvalue weighted by atomic mass is 15.1. The molecule has 0 aliphatic carbocycles. The highest BCUT2D eigenvalue weighted by Crippen LogP contribution is 2.17. The third kappa shape index (κ3) is 4.49. The smallest absolute Gasteiger partial charge is 0.0329 e. The normalized spacial score (nSPS) is 13.0. The van der Waals surface area contributed by atoms with Gasteiger partial charge in [-0.2, -0.15) is 0 Å². The summed E-state index contributed by atoms with van der Waals surface area (Å²) in [5, 5.41) is 3.42. The second kappa shape index (κ2) is 7.46. The molecule has 0 aliphatic heterocycles. The van der Waals surface area contributed by atoms with Crippen LogP contribution in [-0.2, 0) is 0 Å². The summed E-state index contributed by atoms with van der Waals surface area (Å²) in [6.07, 6.45) is 1.17. The van der Waals surface area contributed by atoms with Crippen LogP contribution in [0.1, 0.15) is 37.4 Å². The molecule has 1 N–H and O–H groups in total. The second-order valence-corrected chi connectivity index (χ2v) is 4.57. The van der Waals surface area contributed by atoms with E-state index >= 15 is 0 Å². The summed E-state index contributed by atoms with van der Waals surface area (Å²) in [7, 11) is 2.05. The lowest BCUT2D eigenvalue weighted by Crippen LogP contribution is -2.28. The fourth-order valence-corrected chi connectivity index (χ4v) is 2.22. The van der Waals surface area contributed by atoms with Gasteiger partial charge >= 0.3 is 0 Å². The predicted molar refractivity (Wildman–Crippen MR) is 75.4 cm³/mol. The zero-order chi connectivity index (χ0) is 12.7. The fraction of sp³-hybridized carbons (Fsp3) is 0.600. The Morgan fingerprint density at radius 1 is 1.24 bits per heavy atom. The highest BCUT2D eigenvalue weighted by molar-refractivity contribution is 5.25. The molecule has 1 aromatic carbocycles. The van der Waals surface area contributed by atoms with Gasteiger partial charge in [-0.1, -0.05) is 43.7 Å². The summed E-state index contributed by atoms with van der Waals surface area (Å²) in [5.74, 6) is 0. The van der Waals surface area contributed by atoms with Crippen LogP contribution >= 0.6 is 0 Å². The molecular formula is C15H26N2. The van der Waals surface area contributed by atoms with Crippen molar-refractivity contribution in [3.8, 4) is 0 Å². The van der Waals surface area contributed by atoms with Crippen molar-refractivity contribution in [3.05, 3.63) is 35.4 Å². The Morgan fingerprint density at radius 2 is 1.94 bits per heavy atom. The standard InChI is InChI=1S/C15H26N2/c1-5-17(6-2)11-10-15(16-4)14-9-7-8-13(3)12-14/h7-9,12,15-16H,5-6,10-11H2,1-4H3. The topological polar surface area (TPSA) is 15.3 Å². The molecule has 1 rings (SSSR count). The molecule has 0 spiro atoms. The van der Waals surface area contributed by atoms with E-state index in [0.717, 1.165) is 19.6 Å². The van der Waals surface area contributed by atoms with Crippen LogP contribution in [-0.4, -0.2) is 31.6 Å². The van der Waals surface area contributed by atoms with Crippen LogP contribution in [0.5, 0.6) is 0 Å². The van der Waals surface area contributed by atoms with Gasteiger partial charge < -0.3 is 10.2 Å². The molecule has 0 fully saturated rings. The Morgan fingerprint density at radius 3 is 2.47 bits per heavy atom. The van der Waals surface area contributed by atoms with Gasteiger partial charge in [0, 0.05) is 6.04 Å². The van der Waals surface area contributed by atoms with E-state index in [2.05, 4.69) is 62.3 Å². The minimum absolute atomic E-state index is 0.468. The van der Waals surface area contributed by atoms with Gasteiger partial charge in [0.1, 0.15) is 0 Å². The van der Waals surface area contributed by atoms with Gasteiger partial charge in [-0.3, -0.25) is 0 Å². The average molecular weight is 234 g/mol. The summed E-state index contributed by atoms with van der Waals surface area (Å²) in [4.78, 5) is 2.47. The van der Waals surface area contributed by atoms with Gasteiger partial charge in [0.15, 0.2) is 0 Å². The van der Waals surface area contributed by atoms with Gasteiger partial charge in [-0.25, -0.2) is 0 Å². The lowest BCUT2D eigenvalue weighted by molar-refractivity contribution is 0.284. The van der Waals surface area contributed by atoms with E-state index in [1.54, 1.807) is 0 Å². The molecule has 0 aromatic heterocycles. The van der Waals surface area contributed by atoms with E-state index in [0.29, 0.717) is 6.04 Å². The van der Waals surface area contributed by atoms with E-state index in [4.69, 9.17) is 0 Å². The Labute approximate surface area is 106 Å².